The third-order valence-electron chi connectivity index (χ3n) is 4.49. The molecular weight excluding hydrogens is 350 g/mol. The lowest BCUT2D eigenvalue weighted by Crippen LogP contribution is -2.28. The van der Waals surface area contributed by atoms with Crippen LogP contribution in [0.25, 0.3) is 0 Å². The highest BCUT2D eigenvalue weighted by Gasteiger charge is 2.32. The monoisotopic (exact) mass is 367 g/mol. The van der Waals surface area contributed by atoms with Crippen molar-refractivity contribution in [2.45, 2.75) is 12.8 Å². The summed E-state index contributed by atoms with van der Waals surface area (Å²) in [5.41, 5.74) is 3.12. The van der Waals surface area contributed by atoms with Crippen LogP contribution in [0.15, 0.2) is 48.8 Å². The molecule has 0 bridgehead atoms. The molecule has 1 unspecified atom stereocenters. The number of nitrogens with zero attached hydrogens (tertiary/aromatic N) is 2. The second-order valence-corrected chi connectivity index (χ2v) is 6.58. The van der Waals surface area contributed by atoms with Crippen molar-refractivity contribution in [2.24, 2.45) is 7.05 Å². The normalized spacial score (nSPS) is 15.0. The second-order valence-electron chi connectivity index (χ2n) is 6.14. The molecular formula is C20H18ClN3O2. The van der Waals surface area contributed by atoms with Crippen LogP contribution in [0, 0.1) is 5.41 Å². The summed E-state index contributed by atoms with van der Waals surface area (Å²) in [4.78, 5) is 4.40. The lowest BCUT2D eigenvalue weighted by Gasteiger charge is -2.28. The first-order valence-electron chi connectivity index (χ1n) is 8.38. The van der Waals surface area contributed by atoms with Crippen molar-refractivity contribution < 1.29 is 9.47 Å². The molecule has 2 heterocycles. The molecule has 5 nitrogen and oxygen atoms in total. The summed E-state index contributed by atoms with van der Waals surface area (Å²) >= 11 is 6.07. The van der Waals surface area contributed by atoms with Gasteiger partial charge in [0.2, 0.25) is 5.88 Å². The Morgan fingerprint density at radius 1 is 1.23 bits per heavy atom. The van der Waals surface area contributed by atoms with Crippen LogP contribution in [0.1, 0.15) is 29.5 Å². The van der Waals surface area contributed by atoms with E-state index in [2.05, 4.69) is 4.98 Å². The molecule has 0 radical (unpaired) electrons. The number of rotatable bonds is 3. The van der Waals surface area contributed by atoms with E-state index in [1.807, 2.05) is 56.4 Å². The Balaban J connectivity index is 1.95. The fourth-order valence-corrected chi connectivity index (χ4v) is 3.38. The number of nitrogens with one attached hydrogen (secondary N) is 1. The van der Waals surface area contributed by atoms with Crippen molar-refractivity contribution in [2.75, 3.05) is 6.61 Å². The molecule has 1 atom stereocenters. The minimum atomic E-state index is -0.158. The lowest BCUT2D eigenvalue weighted by atomic mass is 9.84. The van der Waals surface area contributed by atoms with Crippen LogP contribution in [-0.4, -0.2) is 16.2 Å². The SMILES string of the molecule is CCOc1ccc2c(c1)Oc1ncn(C)c(=N)c1C2c1ccc(Cl)cc1. The van der Waals surface area contributed by atoms with Crippen molar-refractivity contribution >= 4 is 11.6 Å². The molecule has 132 valence electrons. The highest BCUT2D eigenvalue weighted by Crippen LogP contribution is 2.46. The standard InChI is InChI=1S/C20H18ClN3O2/c1-3-25-14-8-9-15-16(10-14)26-20-18(19(22)24(2)11-23-20)17(15)12-4-6-13(21)7-5-12/h4-11,17,22H,3H2,1-2H3. The van der Waals surface area contributed by atoms with Crippen LogP contribution in [-0.2, 0) is 7.05 Å². The topological polar surface area (TPSA) is 60.1 Å². The van der Waals surface area contributed by atoms with E-state index in [1.165, 1.54) is 0 Å². The lowest BCUT2D eigenvalue weighted by molar-refractivity contribution is 0.336. The summed E-state index contributed by atoms with van der Waals surface area (Å²) in [6.07, 6.45) is 1.59. The van der Waals surface area contributed by atoms with Gasteiger partial charge >= 0.3 is 0 Å². The van der Waals surface area contributed by atoms with E-state index in [-0.39, 0.29) is 5.92 Å². The van der Waals surface area contributed by atoms with Gasteiger partial charge in [0.15, 0.2) is 0 Å². The maximum atomic E-state index is 8.54. The van der Waals surface area contributed by atoms with Crippen LogP contribution in [0.3, 0.4) is 0 Å². The van der Waals surface area contributed by atoms with Crippen molar-refractivity contribution in [1.82, 2.24) is 9.55 Å². The van der Waals surface area contributed by atoms with Crippen molar-refractivity contribution in [1.29, 1.82) is 5.41 Å². The van der Waals surface area contributed by atoms with E-state index in [4.69, 9.17) is 26.5 Å². The average Bonchev–Trinajstić information content (AvgIpc) is 2.64. The van der Waals surface area contributed by atoms with Gasteiger partial charge in [-0.2, -0.15) is 0 Å². The first-order chi connectivity index (χ1) is 12.6. The third kappa shape index (κ3) is 2.74. The summed E-state index contributed by atoms with van der Waals surface area (Å²) in [5, 5.41) is 9.21. The smallest absolute Gasteiger partial charge is 0.228 e. The fourth-order valence-electron chi connectivity index (χ4n) is 3.26. The quantitative estimate of drug-likeness (QED) is 0.589. The molecule has 4 rings (SSSR count). The van der Waals surface area contributed by atoms with Gasteiger partial charge in [-0.1, -0.05) is 29.8 Å². The van der Waals surface area contributed by atoms with Crippen LogP contribution in [0.5, 0.6) is 17.4 Å². The van der Waals surface area contributed by atoms with Gasteiger partial charge in [0, 0.05) is 29.6 Å². The average molecular weight is 368 g/mol. The number of ether oxygens (including phenoxy) is 2. The summed E-state index contributed by atoms with van der Waals surface area (Å²) in [5.74, 6) is 1.74. The van der Waals surface area contributed by atoms with Crippen molar-refractivity contribution in [3.63, 3.8) is 0 Å². The Hall–Kier alpha value is -2.79. The van der Waals surface area contributed by atoms with Crippen molar-refractivity contribution in [3.05, 3.63) is 76.0 Å². The highest BCUT2D eigenvalue weighted by molar-refractivity contribution is 6.30. The molecule has 3 aromatic rings. The summed E-state index contributed by atoms with van der Waals surface area (Å²) in [7, 11) is 1.81. The number of hydrogen-bond acceptors (Lipinski definition) is 4. The maximum Gasteiger partial charge on any atom is 0.228 e. The summed E-state index contributed by atoms with van der Waals surface area (Å²) in [6.45, 7) is 2.53. The molecule has 2 aromatic carbocycles. The number of fused-ring (bicyclic) bond motifs is 2. The largest absolute Gasteiger partial charge is 0.494 e. The molecule has 0 saturated heterocycles. The molecule has 0 saturated carbocycles. The zero-order valence-electron chi connectivity index (χ0n) is 14.5. The van der Waals surface area contributed by atoms with Gasteiger partial charge in [0.05, 0.1) is 18.5 Å². The van der Waals surface area contributed by atoms with E-state index in [0.29, 0.717) is 28.7 Å². The van der Waals surface area contributed by atoms with Gasteiger partial charge in [-0.3, -0.25) is 5.41 Å². The van der Waals surface area contributed by atoms with Crippen LogP contribution in [0.4, 0.5) is 0 Å². The van der Waals surface area contributed by atoms with E-state index in [9.17, 15) is 0 Å². The Morgan fingerprint density at radius 3 is 2.73 bits per heavy atom. The minimum absolute atomic E-state index is 0.158. The van der Waals surface area contributed by atoms with Crippen molar-refractivity contribution in [3.8, 4) is 17.4 Å². The van der Waals surface area contributed by atoms with E-state index in [1.54, 1.807) is 10.9 Å². The van der Waals surface area contributed by atoms with Crippen LogP contribution in [0.2, 0.25) is 5.02 Å². The van der Waals surface area contributed by atoms with Gasteiger partial charge < -0.3 is 14.0 Å². The Bertz CT molecular complexity index is 1030. The predicted molar refractivity (Wildman–Crippen MR) is 99.1 cm³/mol. The second kappa shape index (κ2) is 6.50. The first kappa shape index (κ1) is 16.7. The van der Waals surface area contributed by atoms with Crippen LogP contribution >= 0.6 is 11.6 Å². The fraction of sp³-hybridized carbons (Fsp3) is 0.200. The van der Waals surface area contributed by atoms with E-state index >= 15 is 0 Å². The molecule has 26 heavy (non-hydrogen) atoms. The molecule has 1 aromatic heterocycles. The number of halogens is 1. The molecule has 0 amide bonds. The Labute approximate surface area is 156 Å². The number of aryl methyl sites for hydroxylation is 1. The number of aromatic nitrogens is 2. The molecule has 1 aliphatic heterocycles. The van der Waals surface area contributed by atoms with Gasteiger partial charge in [0.25, 0.3) is 0 Å². The zero-order valence-corrected chi connectivity index (χ0v) is 15.2. The predicted octanol–water partition coefficient (Wildman–Crippen LogP) is 4.24. The Morgan fingerprint density at radius 2 is 2.00 bits per heavy atom. The van der Waals surface area contributed by atoms with E-state index in [0.717, 1.165) is 22.4 Å². The minimum Gasteiger partial charge on any atom is -0.494 e. The van der Waals surface area contributed by atoms with Gasteiger partial charge in [-0.15, -0.1) is 0 Å². The molecule has 0 fully saturated rings. The molecule has 0 spiro atoms. The number of benzene rings is 2. The number of hydrogen-bond donors (Lipinski definition) is 1. The van der Waals surface area contributed by atoms with Gasteiger partial charge in [-0.05, 0) is 30.7 Å². The highest BCUT2D eigenvalue weighted by atomic mass is 35.5. The molecule has 0 aliphatic carbocycles. The van der Waals surface area contributed by atoms with Crippen LogP contribution < -0.4 is 15.0 Å². The van der Waals surface area contributed by atoms with Gasteiger partial charge in [0.1, 0.15) is 17.0 Å². The maximum absolute atomic E-state index is 8.54. The molecule has 6 heteroatoms. The van der Waals surface area contributed by atoms with E-state index < -0.39 is 0 Å². The third-order valence-corrected chi connectivity index (χ3v) is 4.74. The zero-order chi connectivity index (χ0) is 18.3. The molecule has 1 N–H and O–H groups in total. The summed E-state index contributed by atoms with van der Waals surface area (Å²) in [6, 6.07) is 13.5. The molecule has 1 aliphatic rings. The summed E-state index contributed by atoms with van der Waals surface area (Å²) < 4.78 is 13.3. The first-order valence-corrected chi connectivity index (χ1v) is 8.76. The Kier molecular flexibility index (Phi) is 4.17. The van der Waals surface area contributed by atoms with Gasteiger partial charge in [-0.25, -0.2) is 4.98 Å².